The summed E-state index contributed by atoms with van der Waals surface area (Å²) in [6, 6.07) is 9.24. The molecule has 2 aromatic rings. The monoisotopic (exact) mass is 301 g/mol. The van der Waals surface area contributed by atoms with Crippen LogP contribution in [0.1, 0.15) is 16.1 Å². The van der Waals surface area contributed by atoms with Crippen LogP contribution in [0.15, 0.2) is 35.1 Å². The predicted molar refractivity (Wildman–Crippen MR) is 79.5 cm³/mol. The quantitative estimate of drug-likeness (QED) is 0.906. The van der Waals surface area contributed by atoms with Gasteiger partial charge in [0, 0.05) is 20.1 Å². The van der Waals surface area contributed by atoms with Gasteiger partial charge >= 0.3 is 5.97 Å². The fourth-order valence-electron chi connectivity index (χ4n) is 2.37. The van der Waals surface area contributed by atoms with Crippen LogP contribution in [0, 0.1) is 0 Å². The van der Waals surface area contributed by atoms with Gasteiger partial charge in [-0.2, -0.15) is 0 Å². The van der Waals surface area contributed by atoms with E-state index in [1.54, 1.807) is 11.9 Å². The summed E-state index contributed by atoms with van der Waals surface area (Å²) in [4.78, 5) is 29.7. The molecule has 0 radical (unpaired) electrons. The zero-order valence-electron chi connectivity index (χ0n) is 12.0. The number of aromatic carboxylic acids is 1. The predicted octanol–water partition coefficient (Wildman–Crippen LogP) is 0.970. The van der Waals surface area contributed by atoms with Crippen molar-refractivity contribution in [2.24, 2.45) is 0 Å². The maximum atomic E-state index is 12.5. The number of hydrogen-bond acceptors (Lipinski definition) is 5. The van der Waals surface area contributed by atoms with Crippen molar-refractivity contribution in [1.82, 2.24) is 9.55 Å². The van der Waals surface area contributed by atoms with Gasteiger partial charge in [-0.15, -0.1) is 0 Å². The highest BCUT2D eigenvalue weighted by Crippen LogP contribution is 2.21. The third kappa shape index (κ3) is 2.41. The highest BCUT2D eigenvalue weighted by atomic mass is 16.5. The molecule has 1 aromatic heterocycles. The van der Waals surface area contributed by atoms with E-state index in [1.165, 1.54) is 4.57 Å². The maximum Gasteiger partial charge on any atom is 0.358 e. The van der Waals surface area contributed by atoms with Crippen LogP contribution in [0.2, 0.25) is 0 Å². The number of anilines is 1. The molecule has 0 amide bonds. The molecule has 3 rings (SSSR count). The third-order valence-corrected chi connectivity index (χ3v) is 3.54. The minimum atomic E-state index is -1.27. The first kappa shape index (κ1) is 14.1. The fourth-order valence-corrected chi connectivity index (χ4v) is 2.37. The molecule has 0 unspecified atom stereocenters. The molecule has 2 heterocycles. The topological polar surface area (TPSA) is 84.7 Å². The average Bonchev–Trinajstić information content (AvgIpc) is 2.89. The molecule has 0 spiro atoms. The van der Waals surface area contributed by atoms with Gasteiger partial charge in [0.2, 0.25) is 11.7 Å². The lowest BCUT2D eigenvalue weighted by Crippen LogP contribution is -2.26. The summed E-state index contributed by atoms with van der Waals surface area (Å²) in [6.07, 6.45) is 0. The van der Waals surface area contributed by atoms with Crippen LogP contribution in [-0.2, 0) is 13.2 Å². The number of fused-ring (bicyclic) bond motifs is 1. The van der Waals surface area contributed by atoms with Crippen molar-refractivity contribution in [2.45, 2.75) is 13.2 Å². The molecule has 114 valence electrons. The Kier molecular flexibility index (Phi) is 3.54. The van der Waals surface area contributed by atoms with Crippen molar-refractivity contribution in [3.05, 3.63) is 51.9 Å². The summed E-state index contributed by atoms with van der Waals surface area (Å²) in [5.74, 6) is -1.13. The van der Waals surface area contributed by atoms with Crippen LogP contribution < -0.4 is 15.2 Å². The van der Waals surface area contributed by atoms with Gasteiger partial charge < -0.3 is 14.7 Å². The third-order valence-electron chi connectivity index (χ3n) is 3.54. The summed E-state index contributed by atoms with van der Waals surface area (Å²) in [5, 5.41) is 9.30. The molecular formula is C15H15N3O4. The molecule has 0 saturated carbocycles. The smallest absolute Gasteiger partial charge is 0.358 e. The molecule has 1 aliphatic heterocycles. The Balaban J connectivity index is 1.99. The Labute approximate surface area is 126 Å². The average molecular weight is 301 g/mol. The first-order chi connectivity index (χ1) is 10.6. The molecule has 1 aliphatic rings. The van der Waals surface area contributed by atoms with E-state index in [0.717, 1.165) is 5.56 Å². The van der Waals surface area contributed by atoms with Crippen molar-refractivity contribution in [3.8, 4) is 5.75 Å². The van der Waals surface area contributed by atoms with Crippen LogP contribution in [0.5, 0.6) is 5.75 Å². The summed E-state index contributed by atoms with van der Waals surface area (Å²) in [5.41, 5.74) is 0.0458. The normalized spacial score (nSPS) is 13.0. The summed E-state index contributed by atoms with van der Waals surface area (Å²) < 4.78 is 6.92. The van der Waals surface area contributed by atoms with Gasteiger partial charge in [0.05, 0.1) is 0 Å². The SMILES string of the molecule is CN1CCn2c1nc(C(=O)O)c(OCc1ccccc1)c2=O. The summed E-state index contributed by atoms with van der Waals surface area (Å²) >= 11 is 0. The zero-order chi connectivity index (χ0) is 15.7. The van der Waals surface area contributed by atoms with Crippen molar-refractivity contribution < 1.29 is 14.6 Å². The maximum absolute atomic E-state index is 12.5. The van der Waals surface area contributed by atoms with Gasteiger partial charge in [0.25, 0.3) is 5.56 Å². The number of benzene rings is 1. The molecule has 7 heteroatoms. The van der Waals surface area contributed by atoms with Gasteiger partial charge in [0.15, 0.2) is 5.69 Å². The zero-order valence-corrected chi connectivity index (χ0v) is 12.0. The Morgan fingerprint density at radius 2 is 2.05 bits per heavy atom. The Bertz CT molecular complexity index is 770. The van der Waals surface area contributed by atoms with Gasteiger partial charge in [-0.05, 0) is 5.56 Å². The van der Waals surface area contributed by atoms with E-state index in [9.17, 15) is 14.7 Å². The lowest BCUT2D eigenvalue weighted by atomic mass is 10.2. The largest absolute Gasteiger partial charge is 0.481 e. The lowest BCUT2D eigenvalue weighted by molar-refractivity contribution is 0.0684. The fraction of sp³-hybridized carbons (Fsp3) is 0.267. The number of carboxylic acids is 1. The lowest BCUT2D eigenvalue weighted by Gasteiger charge is -2.13. The van der Waals surface area contributed by atoms with Crippen molar-refractivity contribution in [2.75, 3.05) is 18.5 Å². The number of carbonyl (C=O) groups is 1. The molecule has 0 bridgehead atoms. The van der Waals surface area contributed by atoms with E-state index in [-0.39, 0.29) is 18.1 Å². The van der Waals surface area contributed by atoms with Crippen molar-refractivity contribution in [1.29, 1.82) is 0 Å². The molecule has 0 aliphatic carbocycles. The van der Waals surface area contributed by atoms with Crippen LogP contribution in [0.3, 0.4) is 0 Å². The number of likely N-dealkylation sites (N-methyl/N-ethyl adjacent to an activating group) is 1. The standard InChI is InChI=1S/C15H15N3O4/c1-17-7-8-18-13(19)12(11(14(20)21)16-15(17)18)22-9-10-5-3-2-4-6-10/h2-6H,7-9H2,1H3,(H,20,21). The van der Waals surface area contributed by atoms with Crippen molar-refractivity contribution in [3.63, 3.8) is 0 Å². The second-order valence-corrected chi connectivity index (χ2v) is 5.05. The molecule has 1 N–H and O–H groups in total. The van der Waals surface area contributed by atoms with E-state index < -0.39 is 11.5 Å². The van der Waals surface area contributed by atoms with E-state index in [4.69, 9.17) is 4.74 Å². The first-order valence-corrected chi connectivity index (χ1v) is 6.84. The minimum Gasteiger partial charge on any atom is -0.481 e. The van der Waals surface area contributed by atoms with Crippen LogP contribution >= 0.6 is 0 Å². The second-order valence-electron chi connectivity index (χ2n) is 5.05. The van der Waals surface area contributed by atoms with E-state index >= 15 is 0 Å². The Morgan fingerprint density at radius 1 is 1.32 bits per heavy atom. The number of hydrogen-bond donors (Lipinski definition) is 1. The molecule has 0 fully saturated rings. The number of aromatic nitrogens is 2. The van der Waals surface area contributed by atoms with Gasteiger partial charge in [-0.1, -0.05) is 30.3 Å². The van der Waals surface area contributed by atoms with Crippen LogP contribution in [0.4, 0.5) is 5.95 Å². The van der Waals surface area contributed by atoms with E-state index in [2.05, 4.69) is 4.98 Å². The molecule has 0 saturated heterocycles. The molecule has 0 atom stereocenters. The molecule has 22 heavy (non-hydrogen) atoms. The Hall–Kier alpha value is -2.83. The van der Waals surface area contributed by atoms with Gasteiger partial charge in [0.1, 0.15) is 6.61 Å². The summed E-state index contributed by atoms with van der Waals surface area (Å²) in [7, 11) is 1.77. The van der Waals surface area contributed by atoms with Gasteiger partial charge in [-0.3, -0.25) is 9.36 Å². The first-order valence-electron chi connectivity index (χ1n) is 6.84. The molecule has 1 aromatic carbocycles. The minimum absolute atomic E-state index is 0.118. The van der Waals surface area contributed by atoms with Crippen LogP contribution in [0.25, 0.3) is 0 Å². The number of rotatable bonds is 4. The van der Waals surface area contributed by atoms with Crippen LogP contribution in [-0.4, -0.2) is 34.2 Å². The number of carboxylic acid groups (broad SMARTS) is 1. The highest BCUT2D eigenvalue weighted by molar-refractivity contribution is 5.88. The summed E-state index contributed by atoms with van der Waals surface area (Å²) in [6.45, 7) is 1.20. The van der Waals surface area contributed by atoms with Crippen molar-refractivity contribution >= 4 is 11.9 Å². The number of nitrogens with zero attached hydrogens (tertiary/aromatic N) is 3. The molecule has 7 nitrogen and oxygen atoms in total. The van der Waals surface area contributed by atoms with E-state index in [0.29, 0.717) is 19.0 Å². The molecular weight excluding hydrogens is 286 g/mol. The Morgan fingerprint density at radius 3 is 2.73 bits per heavy atom. The van der Waals surface area contributed by atoms with Gasteiger partial charge in [-0.25, -0.2) is 9.78 Å². The second kappa shape index (κ2) is 5.51. The number of ether oxygens (including phenoxy) is 1. The van der Waals surface area contributed by atoms with E-state index in [1.807, 2.05) is 30.3 Å². The highest BCUT2D eigenvalue weighted by Gasteiger charge is 2.27.